The highest BCUT2D eigenvalue weighted by atomic mass is 79.9. The smallest absolute Gasteiger partial charge is 0.192 e. The first-order valence-electron chi connectivity index (χ1n) is 9.78. The van der Waals surface area contributed by atoms with Crippen molar-refractivity contribution < 1.29 is 8.82 Å². The Hall–Kier alpha value is -0.493. The first kappa shape index (κ1) is 22.8. The topological polar surface area (TPSA) is 21.3 Å². The van der Waals surface area contributed by atoms with Gasteiger partial charge >= 0.3 is 0 Å². The Morgan fingerprint density at radius 1 is 1.33 bits per heavy atom. The highest BCUT2D eigenvalue weighted by Gasteiger charge is 2.49. The third kappa shape index (κ3) is 4.74. The molecule has 2 atom stereocenters. The summed E-state index contributed by atoms with van der Waals surface area (Å²) in [6.45, 7) is 19.7. The van der Waals surface area contributed by atoms with Crippen LogP contribution in [0, 0.1) is 5.82 Å². The molecule has 27 heavy (non-hydrogen) atoms. The summed E-state index contributed by atoms with van der Waals surface area (Å²) in [5, 5.41) is 3.99. The van der Waals surface area contributed by atoms with Crippen LogP contribution in [0.15, 0.2) is 35.3 Å². The molecule has 0 bridgehead atoms. The molecule has 1 fully saturated rings. The molecule has 1 aromatic carbocycles. The van der Waals surface area contributed by atoms with Crippen LogP contribution in [0.5, 0.6) is 0 Å². The zero-order valence-corrected chi connectivity index (χ0v) is 20.5. The van der Waals surface area contributed by atoms with Crippen LogP contribution in [0.4, 0.5) is 4.39 Å². The van der Waals surface area contributed by atoms with Gasteiger partial charge in [-0.25, -0.2) is 4.39 Å². The van der Waals surface area contributed by atoms with Gasteiger partial charge < -0.3 is 9.74 Å². The molecule has 1 heterocycles. The molecule has 2 rings (SSSR count). The van der Waals surface area contributed by atoms with Crippen molar-refractivity contribution in [2.75, 3.05) is 0 Å². The Bertz CT molecular complexity index is 698. The van der Waals surface area contributed by atoms with Gasteiger partial charge in [0, 0.05) is 16.1 Å². The minimum atomic E-state index is -1.90. The SMILES string of the molecule is C=CC[C@@]1(c2cc(F)ccc2Br)CC[C@H](C(C)(C)O[Si](C)(C)C(C)(C)C)N1. The number of nitrogens with one attached hydrogen (secondary N) is 1. The highest BCUT2D eigenvalue weighted by molar-refractivity contribution is 9.10. The molecule has 2 nitrogen and oxygen atoms in total. The van der Waals surface area contributed by atoms with Gasteiger partial charge in [0.2, 0.25) is 0 Å². The van der Waals surface area contributed by atoms with Gasteiger partial charge in [-0.1, -0.05) is 42.8 Å². The minimum Gasteiger partial charge on any atom is -0.410 e. The summed E-state index contributed by atoms with van der Waals surface area (Å²) in [4.78, 5) is 0. The maximum Gasteiger partial charge on any atom is 0.192 e. The molecule has 1 aliphatic rings. The van der Waals surface area contributed by atoms with Crippen LogP contribution in [0.1, 0.15) is 59.4 Å². The minimum absolute atomic E-state index is 0.159. The lowest BCUT2D eigenvalue weighted by molar-refractivity contribution is 0.0511. The van der Waals surface area contributed by atoms with Gasteiger partial charge in [0.1, 0.15) is 5.82 Å². The van der Waals surface area contributed by atoms with Crippen LogP contribution in [0.25, 0.3) is 0 Å². The molecule has 1 N–H and O–H groups in total. The summed E-state index contributed by atoms with van der Waals surface area (Å²) >= 11 is 3.63. The normalized spacial score (nSPS) is 24.3. The molecule has 1 saturated heterocycles. The molecule has 0 aromatic heterocycles. The maximum absolute atomic E-state index is 14.0. The average molecular weight is 457 g/mol. The molecule has 0 amide bonds. The van der Waals surface area contributed by atoms with E-state index in [2.05, 4.69) is 75.5 Å². The summed E-state index contributed by atoms with van der Waals surface area (Å²) < 4.78 is 21.7. The van der Waals surface area contributed by atoms with Crippen molar-refractivity contribution >= 4 is 24.2 Å². The fourth-order valence-corrected chi connectivity index (χ4v) is 6.26. The van der Waals surface area contributed by atoms with E-state index in [0.29, 0.717) is 0 Å². The van der Waals surface area contributed by atoms with E-state index in [1.807, 2.05) is 6.08 Å². The lowest BCUT2D eigenvalue weighted by Gasteiger charge is -2.46. The summed E-state index contributed by atoms with van der Waals surface area (Å²) in [5.74, 6) is -0.210. The van der Waals surface area contributed by atoms with Gasteiger partial charge in [0.25, 0.3) is 0 Å². The predicted octanol–water partition coefficient (Wildman–Crippen LogP) is 6.91. The van der Waals surface area contributed by atoms with E-state index in [-0.39, 0.29) is 28.0 Å². The van der Waals surface area contributed by atoms with Crippen molar-refractivity contribution in [2.24, 2.45) is 0 Å². The van der Waals surface area contributed by atoms with Gasteiger partial charge in [-0.05, 0) is 75.0 Å². The lowest BCUT2D eigenvalue weighted by atomic mass is 9.85. The predicted molar refractivity (Wildman–Crippen MR) is 119 cm³/mol. The Balaban J connectivity index is 2.33. The Kier molecular flexibility index (Phi) is 6.53. The quantitative estimate of drug-likeness (QED) is 0.371. The van der Waals surface area contributed by atoms with Crippen molar-refractivity contribution in [3.8, 4) is 0 Å². The van der Waals surface area contributed by atoms with Crippen LogP contribution in [0.3, 0.4) is 0 Å². The second-order valence-corrected chi connectivity index (χ2v) is 15.5. The summed E-state index contributed by atoms with van der Waals surface area (Å²) in [5.41, 5.74) is 0.348. The van der Waals surface area contributed by atoms with Gasteiger partial charge in [-0.3, -0.25) is 0 Å². The third-order valence-corrected chi connectivity index (χ3v) is 11.8. The van der Waals surface area contributed by atoms with E-state index >= 15 is 0 Å². The molecular formula is C22H35BrFNOSi. The lowest BCUT2D eigenvalue weighted by Crippen LogP contribution is -2.56. The number of benzene rings is 1. The van der Waals surface area contributed by atoms with E-state index in [1.165, 1.54) is 6.07 Å². The standard InChI is InChI=1S/C22H35BrFNOSi/c1-9-13-22(17-15-16(24)10-11-18(17)23)14-12-19(25-22)21(5,6)26-27(7,8)20(2,3)4/h9-11,15,19,25H,1,12-14H2,2-8H3/t19-,22+/m1/s1. The zero-order valence-electron chi connectivity index (χ0n) is 17.9. The number of hydrogen-bond acceptors (Lipinski definition) is 2. The Morgan fingerprint density at radius 3 is 2.52 bits per heavy atom. The molecule has 0 spiro atoms. The third-order valence-electron chi connectivity index (χ3n) is 6.41. The first-order valence-corrected chi connectivity index (χ1v) is 13.5. The van der Waals surface area contributed by atoms with E-state index in [0.717, 1.165) is 29.3 Å². The highest BCUT2D eigenvalue weighted by Crippen LogP contribution is 2.45. The summed E-state index contributed by atoms with van der Waals surface area (Å²) in [6.07, 6.45) is 4.59. The maximum atomic E-state index is 14.0. The fourth-order valence-electron chi connectivity index (χ4n) is 3.87. The van der Waals surface area contributed by atoms with E-state index < -0.39 is 8.32 Å². The van der Waals surface area contributed by atoms with Crippen molar-refractivity contribution in [3.63, 3.8) is 0 Å². The van der Waals surface area contributed by atoms with Crippen molar-refractivity contribution in [3.05, 3.63) is 46.7 Å². The average Bonchev–Trinajstić information content (AvgIpc) is 2.94. The molecule has 1 aliphatic heterocycles. The van der Waals surface area contributed by atoms with Crippen LogP contribution in [-0.4, -0.2) is 20.0 Å². The Morgan fingerprint density at radius 2 is 1.96 bits per heavy atom. The zero-order chi connectivity index (χ0) is 20.7. The summed E-state index contributed by atoms with van der Waals surface area (Å²) in [6, 6.07) is 5.13. The van der Waals surface area contributed by atoms with E-state index in [9.17, 15) is 4.39 Å². The number of halogens is 2. The van der Waals surface area contributed by atoms with Crippen LogP contribution >= 0.6 is 15.9 Å². The van der Waals surface area contributed by atoms with Gasteiger partial charge in [-0.2, -0.15) is 0 Å². The van der Waals surface area contributed by atoms with Crippen molar-refractivity contribution in [2.45, 2.75) is 89.2 Å². The Labute approximate surface area is 174 Å². The molecule has 5 heteroatoms. The molecular weight excluding hydrogens is 421 g/mol. The van der Waals surface area contributed by atoms with Gasteiger partial charge in [0.05, 0.1) is 5.60 Å². The van der Waals surface area contributed by atoms with Gasteiger partial charge in [-0.15, -0.1) is 6.58 Å². The first-order chi connectivity index (χ1) is 12.2. The fraction of sp³-hybridized carbons (Fsp3) is 0.636. The molecule has 1 aromatic rings. The van der Waals surface area contributed by atoms with E-state index in [1.54, 1.807) is 12.1 Å². The molecule has 0 radical (unpaired) electrons. The van der Waals surface area contributed by atoms with Crippen molar-refractivity contribution in [1.82, 2.24) is 5.32 Å². The largest absolute Gasteiger partial charge is 0.410 e. The van der Waals surface area contributed by atoms with E-state index in [4.69, 9.17) is 4.43 Å². The second-order valence-electron chi connectivity index (χ2n) is 9.90. The van der Waals surface area contributed by atoms with Crippen LogP contribution in [0.2, 0.25) is 18.1 Å². The summed E-state index contributed by atoms with van der Waals surface area (Å²) in [7, 11) is -1.90. The second kappa shape index (κ2) is 7.73. The van der Waals surface area contributed by atoms with Crippen molar-refractivity contribution in [1.29, 1.82) is 0 Å². The molecule has 0 aliphatic carbocycles. The van der Waals surface area contributed by atoms with Crippen LogP contribution < -0.4 is 5.32 Å². The molecule has 0 saturated carbocycles. The van der Waals surface area contributed by atoms with Crippen LogP contribution in [-0.2, 0) is 9.96 Å². The molecule has 0 unspecified atom stereocenters. The molecule has 152 valence electrons. The number of rotatable bonds is 6. The van der Waals surface area contributed by atoms with Gasteiger partial charge in [0.15, 0.2) is 8.32 Å². The monoisotopic (exact) mass is 455 g/mol. The number of hydrogen-bond donors (Lipinski definition) is 1.